The van der Waals surface area contributed by atoms with Gasteiger partial charge in [-0.3, -0.25) is 4.79 Å². The molecule has 1 heterocycles. The summed E-state index contributed by atoms with van der Waals surface area (Å²) in [5.41, 5.74) is 6.85. The van der Waals surface area contributed by atoms with Crippen molar-refractivity contribution < 1.29 is 9.53 Å². The summed E-state index contributed by atoms with van der Waals surface area (Å²) in [6.45, 7) is 1.25. The molecule has 1 aliphatic carbocycles. The smallest absolute Gasteiger partial charge is 0.223 e. The van der Waals surface area contributed by atoms with E-state index in [9.17, 15) is 4.79 Å². The molecule has 2 aliphatic rings. The predicted molar refractivity (Wildman–Crippen MR) is 92.3 cm³/mol. The van der Waals surface area contributed by atoms with Crippen molar-refractivity contribution in [2.24, 2.45) is 17.6 Å². The van der Waals surface area contributed by atoms with Crippen molar-refractivity contribution in [2.75, 3.05) is 13.2 Å². The summed E-state index contributed by atoms with van der Waals surface area (Å²) >= 11 is 3.49. The molecule has 1 aromatic rings. The molecule has 1 aromatic carbocycles. The van der Waals surface area contributed by atoms with Gasteiger partial charge in [0, 0.05) is 22.4 Å². The Morgan fingerprint density at radius 3 is 2.95 bits per heavy atom. The third kappa shape index (κ3) is 3.58. The Labute approximate surface area is 145 Å². The number of amides is 1. The normalized spacial score (nSPS) is 26.5. The van der Waals surface area contributed by atoms with Crippen molar-refractivity contribution in [2.45, 2.75) is 31.7 Å². The van der Waals surface area contributed by atoms with Gasteiger partial charge < -0.3 is 15.8 Å². The maximum Gasteiger partial charge on any atom is 0.223 e. The number of hydrogen-bond acceptors (Lipinski definition) is 3. The maximum atomic E-state index is 12.6. The van der Waals surface area contributed by atoms with E-state index in [-0.39, 0.29) is 30.3 Å². The highest BCUT2D eigenvalue weighted by Crippen LogP contribution is 2.36. The molecule has 0 aromatic heterocycles. The number of hydrogen-bond donors (Lipinski definition) is 2. The molecule has 3 atom stereocenters. The Kier molecular flexibility index (Phi) is 6.12. The first kappa shape index (κ1) is 17.6. The van der Waals surface area contributed by atoms with Crippen LogP contribution in [0.4, 0.5) is 0 Å². The third-order valence-corrected chi connectivity index (χ3v) is 5.12. The van der Waals surface area contributed by atoms with E-state index in [1.54, 1.807) is 0 Å². The molecule has 4 nitrogen and oxygen atoms in total. The van der Waals surface area contributed by atoms with E-state index in [2.05, 4.69) is 21.2 Å². The van der Waals surface area contributed by atoms with Crippen LogP contribution in [0.2, 0.25) is 0 Å². The number of carbonyl (C=O) groups excluding carboxylic acids is 1. The minimum Gasteiger partial charge on any atom is -0.493 e. The number of fused-ring (bicyclic) bond motifs is 1. The molecule has 0 bridgehead atoms. The third-order valence-electron chi connectivity index (χ3n) is 4.63. The lowest BCUT2D eigenvalue weighted by molar-refractivity contribution is -0.126. The summed E-state index contributed by atoms with van der Waals surface area (Å²) in [4.78, 5) is 12.6. The van der Waals surface area contributed by atoms with Crippen molar-refractivity contribution in [3.05, 3.63) is 28.2 Å². The average Bonchev–Trinajstić information content (AvgIpc) is 2.96. The van der Waals surface area contributed by atoms with Crippen molar-refractivity contribution in [1.82, 2.24) is 5.32 Å². The summed E-state index contributed by atoms with van der Waals surface area (Å²) in [5, 5.41) is 3.21. The van der Waals surface area contributed by atoms with Crippen LogP contribution in [-0.2, 0) is 4.79 Å². The van der Waals surface area contributed by atoms with Gasteiger partial charge in [-0.1, -0.05) is 22.4 Å². The molecule has 0 spiro atoms. The SMILES string of the molecule is Cl.NC[C@H]1CCC[C@H]1C(=O)NC1CCOc2ccc(Br)cc21. The van der Waals surface area contributed by atoms with Crippen LogP contribution in [0.15, 0.2) is 22.7 Å². The highest BCUT2D eigenvalue weighted by Gasteiger charge is 2.34. The van der Waals surface area contributed by atoms with Crippen molar-refractivity contribution in [3.8, 4) is 5.75 Å². The Hall–Kier alpha value is -0.780. The minimum atomic E-state index is 0. The lowest BCUT2D eigenvalue weighted by Crippen LogP contribution is -2.38. The zero-order chi connectivity index (χ0) is 14.8. The number of halogens is 2. The first-order chi connectivity index (χ1) is 10.2. The zero-order valence-electron chi connectivity index (χ0n) is 12.4. The Morgan fingerprint density at radius 1 is 1.36 bits per heavy atom. The second-order valence-corrected chi connectivity index (χ2v) is 6.83. The van der Waals surface area contributed by atoms with Gasteiger partial charge in [0.1, 0.15) is 5.75 Å². The number of nitrogens with two attached hydrogens (primary N) is 1. The topological polar surface area (TPSA) is 64.4 Å². The molecule has 1 fully saturated rings. The van der Waals surface area contributed by atoms with E-state index < -0.39 is 0 Å². The first-order valence-electron chi connectivity index (χ1n) is 7.61. The van der Waals surface area contributed by atoms with Gasteiger partial charge in [-0.25, -0.2) is 0 Å². The van der Waals surface area contributed by atoms with Crippen LogP contribution in [-0.4, -0.2) is 19.1 Å². The van der Waals surface area contributed by atoms with E-state index in [1.165, 1.54) is 0 Å². The van der Waals surface area contributed by atoms with Crippen LogP contribution < -0.4 is 15.8 Å². The first-order valence-corrected chi connectivity index (χ1v) is 8.41. The highest BCUT2D eigenvalue weighted by atomic mass is 79.9. The highest BCUT2D eigenvalue weighted by molar-refractivity contribution is 9.10. The fraction of sp³-hybridized carbons (Fsp3) is 0.562. The minimum absolute atomic E-state index is 0. The van der Waals surface area contributed by atoms with Crippen molar-refractivity contribution in [3.63, 3.8) is 0 Å². The molecule has 1 aliphatic heterocycles. The van der Waals surface area contributed by atoms with Crippen molar-refractivity contribution in [1.29, 1.82) is 0 Å². The number of ether oxygens (including phenoxy) is 1. The molecule has 122 valence electrons. The van der Waals surface area contributed by atoms with Gasteiger partial charge in [0.15, 0.2) is 0 Å². The molecule has 22 heavy (non-hydrogen) atoms. The molecule has 3 N–H and O–H groups in total. The molecule has 1 saturated carbocycles. The van der Waals surface area contributed by atoms with Crippen LogP contribution in [0.5, 0.6) is 5.75 Å². The van der Waals surface area contributed by atoms with Gasteiger partial charge in [-0.15, -0.1) is 12.4 Å². The molecule has 0 saturated heterocycles. The van der Waals surface area contributed by atoms with Crippen LogP contribution in [0.3, 0.4) is 0 Å². The molecule has 1 amide bonds. The Balaban J connectivity index is 0.00000176. The van der Waals surface area contributed by atoms with Gasteiger partial charge in [0.05, 0.1) is 12.6 Å². The Bertz CT molecular complexity index is 541. The fourth-order valence-corrected chi connectivity index (χ4v) is 3.84. The van der Waals surface area contributed by atoms with E-state index in [0.717, 1.165) is 41.5 Å². The fourth-order valence-electron chi connectivity index (χ4n) is 3.46. The molecule has 0 radical (unpaired) electrons. The van der Waals surface area contributed by atoms with Crippen LogP contribution >= 0.6 is 28.3 Å². The number of rotatable bonds is 3. The van der Waals surface area contributed by atoms with Gasteiger partial charge in [-0.05, 0) is 43.5 Å². The van der Waals surface area contributed by atoms with E-state index in [4.69, 9.17) is 10.5 Å². The van der Waals surface area contributed by atoms with E-state index >= 15 is 0 Å². The lowest BCUT2D eigenvalue weighted by Gasteiger charge is -2.28. The molecular weight excluding hydrogens is 368 g/mol. The van der Waals surface area contributed by atoms with Crippen molar-refractivity contribution >= 4 is 34.2 Å². The van der Waals surface area contributed by atoms with E-state index in [0.29, 0.717) is 19.1 Å². The average molecular weight is 390 g/mol. The summed E-state index contributed by atoms with van der Waals surface area (Å²) in [6.07, 6.45) is 3.96. The van der Waals surface area contributed by atoms with Gasteiger partial charge in [-0.2, -0.15) is 0 Å². The lowest BCUT2D eigenvalue weighted by atomic mass is 9.93. The molecular formula is C16H22BrClN2O2. The summed E-state index contributed by atoms with van der Waals surface area (Å²) in [6, 6.07) is 5.99. The van der Waals surface area contributed by atoms with Crippen LogP contribution in [0.25, 0.3) is 0 Å². The largest absolute Gasteiger partial charge is 0.493 e. The van der Waals surface area contributed by atoms with Crippen LogP contribution in [0, 0.1) is 11.8 Å². The Morgan fingerprint density at radius 2 is 2.18 bits per heavy atom. The van der Waals surface area contributed by atoms with Crippen LogP contribution in [0.1, 0.15) is 37.3 Å². The molecule has 1 unspecified atom stereocenters. The van der Waals surface area contributed by atoms with Gasteiger partial charge >= 0.3 is 0 Å². The number of carbonyl (C=O) groups is 1. The zero-order valence-corrected chi connectivity index (χ0v) is 14.8. The van der Waals surface area contributed by atoms with Gasteiger partial charge in [0.2, 0.25) is 5.91 Å². The molecule has 6 heteroatoms. The monoisotopic (exact) mass is 388 g/mol. The number of nitrogens with one attached hydrogen (secondary N) is 1. The summed E-state index contributed by atoms with van der Waals surface area (Å²) in [5.74, 6) is 1.44. The number of benzene rings is 1. The van der Waals surface area contributed by atoms with E-state index in [1.807, 2.05) is 18.2 Å². The summed E-state index contributed by atoms with van der Waals surface area (Å²) in [7, 11) is 0. The molecule has 3 rings (SSSR count). The maximum absolute atomic E-state index is 12.6. The second kappa shape index (κ2) is 7.66. The predicted octanol–water partition coefficient (Wildman–Crippen LogP) is 3.19. The quantitative estimate of drug-likeness (QED) is 0.834. The second-order valence-electron chi connectivity index (χ2n) is 5.91. The standard InChI is InChI=1S/C16H21BrN2O2.ClH/c17-11-4-5-15-13(8-11)14(6-7-21-15)19-16(20)12-3-1-2-10(12)9-18;/h4-5,8,10,12,14H,1-3,6-7,9,18H2,(H,19,20);1H/t10-,12-,14?;/m1./s1. The summed E-state index contributed by atoms with van der Waals surface area (Å²) < 4.78 is 6.67. The van der Waals surface area contributed by atoms with Gasteiger partial charge in [0.25, 0.3) is 0 Å².